The van der Waals surface area contributed by atoms with Crippen LogP contribution < -0.4 is 5.43 Å². The lowest BCUT2D eigenvalue weighted by molar-refractivity contribution is 0.696. The summed E-state index contributed by atoms with van der Waals surface area (Å²) in [6.45, 7) is 6.04. The van der Waals surface area contributed by atoms with E-state index in [1.54, 1.807) is 12.1 Å². The SMILES string of the molecule is C=CC(c1ccc(C)cc1)n1ccc2cc(=O)ccc-2c1. The summed E-state index contributed by atoms with van der Waals surface area (Å²) in [4.78, 5) is 11.4. The lowest BCUT2D eigenvalue weighted by Gasteiger charge is -2.19. The summed E-state index contributed by atoms with van der Waals surface area (Å²) in [6, 6.07) is 15.6. The number of aromatic nitrogens is 1. The summed E-state index contributed by atoms with van der Waals surface area (Å²) in [6.07, 6.45) is 5.98. The number of fused-ring (bicyclic) bond motifs is 1. The van der Waals surface area contributed by atoms with Crippen molar-refractivity contribution in [1.29, 1.82) is 0 Å². The second-order valence-electron chi connectivity index (χ2n) is 5.27. The lowest BCUT2D eigenvalue weighted by Crippen LogP contribution is -2.09. The molecule has 3 rings (SSSR count). The molecule has 1 heterocycles. The van der Waals surface area contributed by atoms with Crippen molar-refractivity contribution < 1.29 is 0 Å². The van der Waals surface area contributed by atoms with Crippen LogP contribution in [0.3, 0.4) is 0 Å². The first-order chi connectivity index (χ1) is 10.2. The molecule has 0 N–H and O–H groups in total. The smallest absolute Gasteiger partial charge is 0.179 e. The first-order valence-electron chi connectivity index (χ1n) is 6.98. The number of hydrogen-bond donors (Lipinski definition) is 0. The van der Waals surface area contributed by atoms with Gasteiger partial charge < -0.3 is 4.57 Å². The maximum absolute atomic E-state index is 11.4. The normalized spacial score (nSPS) is 12.2. The molecule has 0 aromatic heterocycles. The predicted octanol–water partition coefficient (Wildman–Crippen LogP) is 4.04. The van der Waals surface area contributed by atoms with Crippen molar-refractivity contribution in [2.24, 2.45) is 0 Å². The van der Waals surface area contributed by atoms with Gasteiger partial charge in [-0.3, -0.25) is 4.79 Å². The first-order valence-corrected chi connectivity index (χ1v) is 6.98. The van der Waals surface area contributed by atoms with E-state index in [0.29, 0.717) is 0 Å². The molecule has 1 aliphatic carbocycles. The molecule has 21 heavy (non-hydrogen) atoms. The Morgan fingerprint density at radius 2 is 1.81 bits per heavy atom. The van der Waals surface area contributed by atoms with Crippen LogP contribution in [0.25, 0.3) is 11.1 Å². The van der Waals surface area contributed by atoms with Crippen LogP contribution in [-0.2, 0) is 0 Å². The van der Waals surface area contributed by atoms with E-state index in [-0.39, 0.29) is 11.5 Å². The molecular weight excluding hydrogens is 258 g/mol. The zero-order valence-electron chi connectivity index (χ0n) is 12.0. The number of allylic oxidation sites excluding steroid dienone is 1. The van der Waals surface area contributed by atoms with E-state index in [1.807, 2.05) is 24.4 Å². The molecule has 1 aromatic rings. The van der Waals surface area contributed by atoms with Gasteiger partial charge in [-0.25, -0.2) is 0 Å². The van der Waals surface area contributed by atoms with E-state index in [1.165, 1.54) is 11.1 Å². The average molecular weight is 275 g/mol. The minimum Gasteiger partial charge on any atom is -0.343 e. The van der Waals surface area contributed by atoms with E-state index in [4.69, 9.17) is 0 Å². The fourth-order valence-corrected chi connectivity index (χ4v) is 2.55. The Morgan fingerprint density at radius 3 is 2.52 bits per heavy atom. The van der Waals surface area contributed by atoms with Gasteiger partial charge in [-0.1, -0.05) is 35.9 Å². The van der Waals surface area contributed by atoms with Crippen LogP contribution in [0.5, 0.6) is 0 Å². The van der Waals surface area contributed by atoms with Crippen molar-refractivity contribution in [3.63, 3.8) is 0 Å². The number of pyridine rings is 1. The Morgan fingerprint density at radius 1 is 1.05 bits per heavy atom. The minimum atomic E-state index is 0.0408. The van der Waals surface area contributed by atoms with Gasteiger partial charge in [0.2, 0.25) is 0 Å². The Kier molecular flexibility index (Phi) is 3.44. The summed E-state index contributed by atoms with van der Waals surface area (Å²) in [5.41, 5.74) is 4.49. The first kappa shape index (κ1) is 13.4. The van der Waals surface area contributed by atoms with E-state index in [9.17, 15) is 4.79 Å². The molecule has 1 atom stereocenters. The van der Waals surface area contributed by atoms with Crippen molar-refractivity contribution in [3.8, 4) is 11.1 Å². The third-order valence-electron chi connectivity index (χ3n) is 3.74. The van der Waals surface area contributed by atoms with Crippen molar-refractivity contribution in [2.75, 3.05) is 0 Å². The number of hydrogen-bond acceptors (Lipinski definition) is 1. The van der Waals surface area contributed by atoms with E-state index >= 15 is 0 Å². The Labute approximate surface area is 124 Å². The van der Waals surface area contributed by atoms with Crippen molar-refractivity contribution >= 4 is 0 Å². The average Bonchev–Trinajstić information content (AvgIpc) is 2.50. The van der Waals surface area contributed by atoms with Gasteiger partial charge in [-0.15, -0.1) is 6.58 Å². The second kappa shape index (κ2) is 5.41. The molecule has 0 amide bonds. The van der Waals surface area contributed by atoms with Crippen LogP contribution >= 0.6 is 0 Å². The summed E-state index contributed by atoms with van der Waals surface area (Å²) in [5, 5.41) is 0. The Hall–Kier alpha value is -2.61. The highest BCUT2D eigenvalue weighted by atomic mass is 16.1. The summed E-state index contributed by atoms with van der Waals surface area (Å²) in [7, 11) is 0. The third-order valence-corrected chi connectivity index (χ3v) is 3.74. The molecular formula is C19H17NO. The molecule has 2 nitrogen and oxygen atoms in total. The van der Waals surface area contributed by atoms with E-state index < -0.39 is 0 Å². The minimum absolute atomic E-state index is 0.0408. The quantitative estimate of drug-likeness (QED) is 0.661. The van der Waals surface area contributed by atoms with Crippen molar-refractivity contribution in [1.82, 2.24) is 4.57 Å². The van der Waals surface area contributed by atoms with Crippen LogP contribution in [0.1, 0.15) is 17.2 Å². The largest absolute Gasteiger partial charge is 0.343 e. The van der Waals surface area contributed by atoms with Gasteiger partial charge in [0.1, 0.15) is 0 Å². The summed E-state index contributed by atoms with van der Waals surface area (Å²) >= 11 is 0. The zero-order chi connectivity index (χ0) is 14.8. The van der Waals surface area contributed by atoms with E-state index in [2.05, 4.69) is 48.5 Å². The fourth-order valence-electron chi connectivity index (χ4n) is 2.55. The highest BCUT2D eigenvalue weighted by Gasteiger charge is 2.10. The van der Waals surface area contributed by atoms with E-state index in [0.717, 1.165) is 11.1 Å². The predicted molar refractivity (Wildman–Crippen MR) is 86.8 cm³/mol. The van der Waals surface area contributed by atoms with Gasteiger partial charge in [-0.05, 0) is 47.9 Å². The van der Waals surface area contributed by atoms with Gasteiger partial charge in [0.05, 0.1) is 6.04 Å². The molecule has 1 aliphatic heterocycles. The van der Waals surface area contributed by atoms with Crippen molar-refractivity contribution in [3.05, 3.63) is 94.9 Å². The highest BCUT2D eigenvalue weighted by Crippen LogP contribution is 2.25. The zero-order valence-corrected chi connectivity index (χ0v) is 12.0. The molecule has 0 fully saturated rings. The molecule has 0 spiro atoms. The van der Waals surface area contributed by atoms with Crippen LogP contribution in [0.15, 0.2) is 78.4 Å². The second-order valence-corrected chi connectivity index (χ2v) is 5.27. The highest BCUT2D eigenvalue weighted by molar-refractivity contribution is 5.63. The van der Waals surface area contributed by atoms with Gasteiger partial charge in [-0.2, -0.15) is 0 Å². The fraction of sp³-hybridized carbons (Fsp3) is 0.105. The van der Waals surface area contributed by atoms with Crippen LogP contribution in [-0.4, -0.2) is 4.57 Å². The van der Waals surface area contributed by atoms with Crippen LogP contribution in [0.2, 0.25) is 0 Å². The number of nitrogens with zero attached hydrogens (tertiary/aromatic N) is 1. The van der Waals surface area contributed by atoms with Gasteiger partial charge in [0.15, 0.2) is 5.43 Å². The molecule has 2 heteroatoms. The Bertz CT molecular complexity index is 798. The van der Waals surface area contributed by atoms with Crippen molar-refractivity contribution in [2.45, 2.75) is 13.0 Å². The number of rotatable bonds is 3. The van der Waals surface area contributed by atoms with Crippen LogP contribution in [0, 0.1) is 6.92 Å². The molecule has 104 valence electrons. The maximum atomic E-state index is 11.4. The lowest BCUT2D eigenvalue weighted by atomic mass is 10.0. The topological polar surface area (TPSA) is 22.0 Å². The summed E-state index contributed by atoms with van der Waals surface area (Å²) < 4.78 is 2.12. The maximum Gasteiger partial charge on any atom is 0.179 e. The Balaban J connectivity index is 2.07. The number of aryl methyl sites for hydroxylation is 1. The molecule has 0 saturated heterocycles. The molecule has 1 aromatic carbocycles. The number of benzene rings is 2. The van der Waals surface area contributed by atoms with Gasteiger partial charge >= 0.3 is 0 Å². The molecule has 1 unspecified atom stereocenters. The monoisotopic (exact) mass is 275 g/mol. The van der Waals surface area contributed by atoms with Crippen LogP contribution in [0.4, 0.5) is 0 Å². The molecule has 0 saturated carbocycles. The van der Waals surface area contributed by atoms with Gasteiger partial charge in [0.25, 0.3) is 0 Å². The van der Waals surface area contributed by atoms with Gasteiger partial charge in [0, 0.05) is 12.4 Å². The molecule has 0 radical (unpaired) electrons. The molecule has 2 aliphatic rings. The standard InChI is InChI=1S/C19H17NO/c1-3-19(15-6-4-14(2)5-7-15)20-11-10-16-12-18(21)9-8-17(16)13-20/h3-13,19H,1H2,2H3. The molecule has 0 bridgehead atoms. The summed E-state index contributed by atoms with van der Waals surface area (Å²) in [5.74, 6) is 0. The third kappa shape index (κ3) is 2.65.